The number of nitrogens with one attached hydrogen (secondary N) is 1. The smallest absolute Gasteiger partial charge is 0.303 e. The Morgan fingerprint density at radius 2 is 1.55 bits per heavy atom. The molecule has 20 heavy (non-hydrogen) atoms. The van der Waals surface area contributed by atoms with Gasteiger partial charge in [-0.1, -0.05) is 19.3 Å². The van der Waals surface area contributed by atoms with E-state index < -0.39 is 5.97 Å². The topological polar surface area (TPSA) is 109 Å². The van der Waals surface area contributed by atoms with Gasteiger partial charge >= 0.3 is 5.97 Å². The number of primary amides is 1. The summed E-state index contributed by atoms with van der Waals surface area (Å²) in [5, 5.41) is 11.3. The molecular formula is C14H26N2O4. The number of aliphatic carboxylic acids is 1. The number of nitrogens with two attached hydrogens (primary N) is 1. The molecule has 0 unspecified atom stereocenters. The highest BCUT2D eigenvalue weighted by Gasteiger charge is 2.08. The highest BCUT2D eigenvalue weighted by molar-refractivity contribution is 5.76. The van der Waals surface area contributed by atoms with E-state index >= 15 is 0 Å². The first-order valence-corrected chi connectivity index (χ1v) is 7.21. The van der Waals surface area contributed by atoms with Crippen LogP contribution in [-0.2, 0) is 14.4 Å². The van der Waals surface area contributed by atoms with Crippen LogP contribution in [0.3, 0.4) is 0 Å². The van der Waals surface area contributed by atoms with Gasteiger partial charge in [-0.25, -0.2) is 0 Å². The normalized spacial score (nSPS) is 11.8. The van der Waals surface area contributed by atoms with Crippen molar-refractivity contribution < 1.29 is 19.5 Å². The molecule has 0 saturated carbocycles. The Bertz CT molecular complexity index is 318. The Hall–Kier alpha value is -1.59. The van der Waals surface area contributed by atoms with Crippen molar-refractivity contribution in [3.8, 4) is 0 Å². The second-order valence-electron chi connectivity index (χ2n) is 5.14. The molecule has 2 amide bonds. The van der Waals surface area contributed by atoms with Crippen LogP contribution in [0.1, 0.15) is 64.7 Å². The number of hydrogen-bond acceptors (Lipinski definition) is 3. The first kappa shape index (κ1) is 18.4. The lowest BCUT2D eigenvalue weighted by atomic mass is 10.1. The van der Waals surface area contributed by atoms with E-state index in [1.807, 2.05) is 6.92 Å². The molecule has 116 valence electrons. The number of carboxylic acid groups (broad SMARTS) is 1. The SMILES string of the molecule is C[C@H](CCC(N)=O)NC(=O)CCCCCCCC(=O)O. The number of hydrogen-bond donors (Lipinski definition) is 3. The van der Waals surface area contributed by atoms with Crippen molar-refractivity contribution >= 4 is 17.8 Å². The van der Waals surface area contributed by atoms with Crippen molar-refractivity contribution in [1.29, 1.82) is 0 Å². The zero-order valence-corrected chi connectivity index (χ0v) is 12.2. The number of amides is 2. The molecule has 0 spiro atoms. The molecule has 0 radical (unpaired) electrons. The summed E-state index contributed by atoms with van der Waals surface area (Å²) in [7, 11) is 0. The van der Waals surface area contributed by atoms with Crippen LogP contribution in [0.25, 0.3) is 0 Å². The first-order chi connectivity index (χ1) is 9.41. The second-order valence-corrected chi connectivity index (χ2v) is 5.14. The molecule has 6 heteroatoms. The van der Waals surface area contributed by atoms with Gasteiger partial charge < -0.3 is 16.2 Å². The van der Waals surface area contributed by atoms with Crippen molar-refractivity contribution in [1.82, 2.24) is 5.32 Å². The van der Waals surface area contributed by atoms with E-state index in [-0.39, 0.29) is 30.7 Å². The second kappa shape index (κ2) is 11.3. The van der Waals surface area contributed by atoms with Crippen LogP contribution in [0, 0.1) is 0 Å². The van der Waals surface area contributed by atoms with E-state index in [4.69, 9.17) is 10.8 Å². The third-order valence-electron chi connectivity index (χ3n) is 3.03. The maximum absolute atomic E-state index is 11.6. The lowest BCUT2D eigenvalue weighted by Crippen LogP contribution is -2.33. The molecule has 0 aliphatic heterocycles. The van der Waals surface area contributed by atoms with Crippen LogP contribution in [0.15, 0.2) is 0 Å². The first-order valence-electron chi connectivity index (χ1n) is 7.21. The molecule has 0 aromatic heterocycles. The predicted molar refractivity (Wildman–Crippen MR) is 76.0 cm³/mol. The average Bonchev–Trinajstić information content (AvgIpc) is 2.34. The summed E-state index contributed by atoms with van der Waals surface area (Å²) < 4.78 is 0. The fourth-order valence-corrected chi connectivity index (χ4v) is 1.87. The summed E-state index contributed by atoms with van der Waals surface area (Å²) in [6.07, 6.45) is 5.83. The molecule has 4 N–H and O–H groups in total. The fourth-order valence-electron chi connectivity index (χ4n) is 1.87. The van der Waals surface area contributed by atoms with Crippen LogP contribution < -0.4 is 11.1 Å². The molecule has 6 nitrogen and oxygen atoms in total. The van der Waals surface area contributed by atoms with Crippen molar-refractivity contribution in [3.05, 3.63) is 0 Å². The molecule has 0 aromatic rings. The van der Waals surface area contributed by atoms with Gasteiger partial charge in [-0.15, -0.1) is 0 Å². The Balaban J connectivity index is 3.44. The van der Waals surface area contributed by atoms with Gasteiger partial charge in [0.15, 0.2) is 0 Å². The minimum atomic E-state index is -0.755. The molecular weight excluding hydrogens is 260 g/mol. The van der Waals surface area contributed by atoms with Crippen LogP contribution >= 0.6 is 0 Å². The molecule has 0 aliphatic carbocycles. The Morgan fingerprint density at radius 3 is 2.10 bits per heavy atom. The minimum absolute atomic E-state index is 0.00694. The molecule has 0 rings (SSSR count). The van der Waals surface area contributed by atoms with Crippen LogP contribution in [0.5, 0.6) is 0 Å². The molecule has 0 bridgehead atoms. The number of carbonyl (C=O) groups excluding carboxylic acids is 2. The largest absolute Gasteiger partial charge is 0.481 e. The Labute approximate surface area is 120 Å². The van der Waals surface area contributed by atoms with E-state index in [2.05, 4.69) is 5.32 Å². The zero-order chi connectivity index (χ0) is 15.4. The van der Waals surface area contributed by atoms with Gasteiger partial charge in [0, 0.05) is 25.3 Å². The molecule has 1 atom stereocenters. The minimum Gasteiger partial charge on any atom is -0.481 e. The monoisotopic (exact) mass is 286 g/mol. The van der Waals surface area contributed by atoms with Crippen molar-refractivity contribution in [2.24, 2.45) is 5.73 Å². The third-order valence-corrected chi connectivity index (χ3v) is 3.03. The molecule has 0 aliphatic rings. The number of carbonyl (C=O) groups is 3. The van der Waals surface area contributed by atoms with Crippen molar-refractivity contribution in [2.75, 3.05) is 0 Å². The van der Waals surface area contributed by atoms with Gasteiger partial charge in [-0.05, 0) is 26.2 Å². The molecule has 0 saturated heterocycles. The molecule has 0 fully saturated rings. The summed E-state index contributed by atoms with van der Waals surface area (Å²) in [5.74, 6) is -1.12. The van der Waals surface area contributed by atoms with Gasteiger partial charge in [-0.2, -0.15) is 0 Å². The predicted octanol–water partition coefficient (Wildman–Crippen LogP) is 1.57. The lowest BCUT2D eigenvalue weighted by Gasteiger charge is -2.12. The Kier molecular flexibility index (Phi) is 10.4. The van der Waals surface area contributed by atoms with Crippen LogP contribution in [0.2, 0.25) is 0 Å². The van der Waals surface area contributed by atoms with Gasteiger partial charge in [0.2, 0.25) is 11.8 Å². The summed E-state index contributed by atoms with van der Waals surface area (Å²) in [6.45, 7) is 1.85. The number of unbranched alkanes of at least 4 members (excludes halogenated alkanes) is 4. The van der Waals surface area contributed by atoms with E-state index in [1.54, 1.807) is 0 Å². The van der Waals surface area contributed by atoms with E-state index in [1.165, 1.54) is 0 Å². The summed E-state index contributed by atoms with van der Waals surface area (Å²) in [6, 6.07) is -0.0365. The number of carboxylic acids is 1. The Morgan fingerprint density at radius 1 is 1.00 bits per heavy atom. The van der Waals surface area contributed by atoms with Gasteiger partial charge in [0.1, 0.15) is 0 Å². The van der Waals surface area contributed by atoms with Gasteiger partial charge in [0.25, 0.3) is 0 Å². The average molecular weight is 286 g/mol. The van der Waals surface area contributed by atoms with Crippen LogP contribution in [0.4, 0.5) is 0 Å². The maximum atomic E-state index is 11.6. The summed E-state index contributed by atoms with van der Waals surface area (Å²) >= 11 is 0. The standard InChI is InChI=1S/C14H26N2O4/c1-11(9-10-12(15)17)16-13(18)7-5-3-2-4-6-8-14(19)20/h11H,2-10H2,1H3,(H2,15,17)(H,16,18)(H,19,20)/t11-/m1/s1. The zero-order valence-electron chi connectivity index (χ0n) is 12.2. The number of rotatable bonds is 12. The van der Waals surface area contributed by atoms with Crippen LogP contribution in [-0.4, -0.2) is 28.9 Å². The van der Waals surface area contributed by atoms with Gasteiger partial charge in [-0.3, -0.25) is 14.4 Å². The third kappa shape index (κ3) is 12.9. The fraction of sp³-hybridized carbons (Fsp3) is 0.786. The molecule has 0 heterocycles. The highest BCUT2D eigenvalue weighted by atomic mass is 16.4. The summed E-state index contributed by atoms with van der Waals surface area (Å²) in [4.78, 5) is 32.5. The van der Waals surface area contributed by atoms with E-state index in [9.17, 15) is 14.4 Å². The highest BCUT2D eigenvalue weighted by Crippen LogP contribution is 2.07. The van der Waals surface area contributed by atoms with Crippen molar-refractivity contribution in [3.63, 3.8) is 0 Å². The van der Waals surface area contributed by atoms with E-state index in [0.717, 1.165) is 25.7 Å². The van der Waals surface area contributed by atoms with E-state index in [0.29, 0.717) is 19.3 Å². The summed E-state index contributed by atoms with van der Waals surface area (Å²) in [5.41, 5.74) is 5.04. The maximum Gasteiger partial charge on any atom is 0.303 e. The molecule has 0 aromatic carbocycles. The van der Waals surface area contributed by atoms with Crippen molar-refractivity contribution in [2.45, 2.75) is 70.8 Å². The van der Waals surface area contributed by atoms with Gasteiger partial charge in [0.05, 0.1) is 0 Å². The quantitative estimate of drug-likeness (QED) is 0.473. The lowest BCUT2D eigenvalue weighted by molar-refractivity contribution is -0.137.